The zero-order valence-electron chi connectivity index (χ0n) is 14.1. The summed E-state index contributed by atoms with van der Waals surface area (Å²) in [5.74, 6) is 0.238. The van der Waals surface area contributed by atoms with Crippen molar-refractivity contribution in [3.05, 3.63) is 74.7 Å². The highest BCUT2D eigenvalue weighted by Crippen LogP contribution is 2.32. The SMILES string of the molecule is C=CCc1cc(/C=C(/C#N)C(=O)Nc2cccc(Br)c2)cc(Br)c1OC. The summed E-state index contributed by atoms with van der Waals surface area (Å²) >= 11 is 6.81. The van der Waals surface area contributed by atoms with E-state index >= 15 is 0 Å². The number of rotatable bonds is 6. The van der Waals surface area contributed by atoms with E-state index in [9.17, 15) is 10.1 Å². The van der Waals surface area contributed by atoms with E-state index in [4.69, 9.17) is 4.74 Å². The van der Waals surface area contributed by atoms with Gasteiger partial charge < -0.3 is 10.1 Å². The number of benzene rings is 2. The lowest BCUT2D eigenvalue weighted by Gasteiger charge is -2.11. The van der Waals surface area contributed by atoms with Gasteiger partial charge in [-0.1, -0.05) is 28.1 Å². The van der Waals surface area contributed by atoms with E-state index < -0.39 is 5.91 Å². The monoisotopic (exact) mass is 474 g/mol. The molecule has 132 valence electrons. The normalized spacial score (nSPS) is 10.8. The summed E-state index contributed by atoms with van der Waals surface area (Å²) < 4.78 is 6.97. The van der Waals surface area contributed by atoms with E-state index in [0.717, 1.165) is 20.1 Å². The second-order valence-electron chi connectivity index (χ2n) is 5.32. The molecule has 0 aliphatic carbocycles. The second-order valence-corrected chi connectivity index (χ2v) is 7.09. The molecule has 0 radical (unpaired) electrons. The molecule has 0 atom stereocenters. The van der Waals surface area contributed by atoms with Gasteiger partial charge in [0.05, 0.1) is 11.6 Å². The lowest BCUT2D eigenvalue weighted by Crippen LogP contribution is -2.13. The van der Waals surface area contributed by atoms with E-state index in [1.54, 1.807) is 43.5 Å². The number of halogens is 2. The minimum Gasteiger partial charge on any atom is -0.495 e. The van der Waals surface area contributed by atoms with Crippen LogP contribution >= 0.6 is 31.9 Å². The van der Waals surface area contributed by atoms with Crippen molar-refractivity contribution >= 4 is 49.5 Å². The molecule has 0 aromatic heterocycles. The molecular formula is C20H16Br2N2O2. The molecule has 0 heterocycles. The molecule has 0 saturated heterocycles. The highest BCUT2D eigenvalue weighted by atomic mass is 79.9. The van der Waals surface area contributed by atoms with Gasteiger partial charge in [-0.05, 0) is 69.9 Å². The summed E-state index contributed by atoms with van der Waals surface area (Å²) in [5, 5.41) is 12.1. The predicted molar refractivity (Wildman–Crippen MR) is 111 cm³/mol. The first-order chi connectivity index (χ1) is 12.5. The van der Waals surface area contributed by atoms with Gasteiger partial charge in [0.25, 0.3) is 5.91 Å². The number of nitrogens with zero attached hydrogens (tertiary/aromatic N) is 1. The third-order valence-corrected chi connectivity index (χ3v) is 4.55. The van der Waals surface area contributed by atoms with Gasteiger partial charge in [-0.25, -0.2) is 0 Å². The molecule has 4 nitrogen and oxygen atoms in total. The summed E-state index contributed by atoms with van der Waals surface area (Å²) in [5.41, 5.74) is 2.24. The van der Waals surface area contributed by atoms with Crippen LogP contribution in [0.3, 0.4) is 0 Å². The van der Waals surface area contributed by atoms with Crippen molar-refractivity contribution in [1.82, 2.24) is 0 Å². The molecule has 0 spiro atoms. The summed E-state index contributed by atoms with van der Waals surface area (Å²) in [6.07, 6.45) is 3.92. The van der Waals surface area contributed by atoms with E-state index in [-0.39, 0.29) is 5.57 Å². The Balaban J connectivity index is 2.34. The van der Waals surface area contributed by atoms with Crippen LogP contribution in [0.1, 0.15) is 11.1 Å². The molecule has 0 fully saturated rings. The summed E-state index contributed by atoms with van der Waals surface area (Å²) in [6, 6.07) is 12.8. The Labute approximate surface area is 169 Å². The molecular weight excluding hydrogens is 460 g/mol. The van der Waals surface area contributed by atoms with Crippen molar-refractivity contribution in [2.45, 2.75) is 6.42 Å². The third-order valence-electron chi connectivity index (χ3n) is 3.47. The highest BCUT2D eigenvalue weighted by Gasteiger charge is 2.12. The number of hydrogen-bond acceptors (Lipinski definition) is 3. The van der Waals surface area contributed by atoms with Crippen LogP contribution in [0.2, 0.25) is 0 Å². The van der Waals surface area contributed by atoms with Crippen LogP contribution in [0.4, 0.5) is 5.69 Å². The quantitative estimate of drug-likeness (QED) is 0.341. The fraction of sp³-hybridized carbons (Fsp3) is 0.100. The van der Waals surface area contributed by atoms with Crippen molar-refractivity contribution < 1.29 is 9.53 Å². The van der Waals surface area contributed by atoms with E-state index in [2.05, 4.69) is 43.8 Å². The average Bonchev–Trinajstić information content (AvgIpc) is 2.59. The maximum Gasteiger partial charge on any atom is 0.266 e. The molecule has 6 heteroatoms. The standard InChI is InChI=1S/C20H16Br2N2O2/c1-3-5-14-8-13(10-18(22)19(14)26-2)9-15(12-23)20(25)24-17-7-4-6-16(21)11-17/h3-4,6-11H,1,5H2,2H3,(H,24,25)/b15-9-. The van der Waals surface area contributed by atoms with Gasteiger partial charge in [0.1, 0.15) is 17.4 Å². The second kappa shape index (κ2) is 9.37. The molecule has 0 unspecified atom stereocenters. The minimum absolute atomic E-state index is 0.00611. The van der Waals surface area contributed by atoms with Crippen molar-refractivity contribution in [1.29, 1.82) is 5.26 Å². The van der Waals surface area contributed by atoms with Gasteiger partial charge in [-0.3, -0.25) is 4.79 Å². The molecule has 26 heavy (non-hydrogen) atoms. The number of hydrogen-bond donors (Lipinski definition) is 1. The number of carbonyl (C=O) groups is 1. The Morgan fingerprint density at radius 3 is 2.73 bits per heavy atom. The Morgan fingerprint density at radius 1 is 1.35 bits per heavy atom. The average molecular weight is 476 g/mol. The van der Waals surface area contributed by atoms with Gasteiger partial charge in [-0.15, -0.1) is 6.58 Å². The molecule has 2 rings (SSSR count). The number of nitriles is 1. The minimum atomic E-state index is -0.470. The molecule has 2 aromatic rings. The van der Waals surface area contributed by atoms with Crippen molar-refractivity contribution in [2.75, 3.05) is 12.4 Å². The first-order valence-electron chi connectivity index (χ1n) is 7.64. The number of allylic oxidation sites excluding steroid dienone is 1. The zero-order valence-corrected chi connectivity index (χ0v) is 17.2. The lowest BCUT2D eigenvalue weighted by atomic mass is 10.0. The largest absolute Gasteiger partial charge is 0.495 e. The number of nitrogens with one attached hydrogen (secondary N) is 1. The number of ether oxygens (including phenoxy) is 1. The van der Waals surface area contributed by atoms with Gasteiger partial charge in [-0.2, -0.15) is 5.26 Å². The lowest BCUT2D eigenvalue weighted by molar-refractivity contribution is -0.112. The Bertz CT molecular complexity index is 915. The van der Waals surface area contributed by atoms with Crippen LogP contribution in [0.25, 0.3) is 6.08 Å². The maximum atomic E-state index is 12.4. The van der Waals surface area contributed by atoms with Gasteiger partial charge >= 0.3 is 0 Å². The van der Waals surface area contributed by atoms with Gasteiger partial charge in [0, 0.05) is 10.2 Å². The first kappa shape index (κ1) is 20.0. The summed E-state index contributed by atoms with van der Waals surface area (Å²) in [4.78, 5) is 12.4. The van der Waals surface area contributed by atoms with Crippen LogP contribution in [-0.4, -0.2) is 13.0 Å². The van der Waals surface area contributed by atoms with Crippen LogP contribution in [0, 0.1) is 11.3 Å². The zero-order chi connectivity index (χ0) is 19.1. The topological polar surface area (TPSA) is 62.1 Å². The van der Waals surface area contributed by atoms with Crippen molar-refractivity contribution in [3.63, 3.8) is 0 Å². The predicted octanol–water partition coefficient (Wildman–Crippen LogP) is 5.49. The molecule has 0 saturated carbocycles. The van der Waals surface area contributed by atoms with Crippen molar-refractivity contribution in [3.8, 4) is 11.8 Å². The number of amides is 1. The smallest absolute Gasteiger partial charge is 0.266 e. The highest BCUT2D eigenvalue weighted by molar-refractivity contribution is 9.10. The Hall–Kier alpha value is -2.36. The number of anilines is 1. The van der Waals surface area contributed by atoms with Crippen LogP contribution < -0.4 is 10.1 Å². The Morgan fingerprint density at radius 2 is 2.12 bits per heavy atom. The maximum absolute atomic E-state index is 12.4. The van der Waals surface area contributed by atoms with Gasteiger partial charge in [0.2, 0.25) is 0 Å². The van der Waals surface area contributed by atoms with Crippen molar-refractivity contribution in [2.24, 2.45) is 0 Å². The van der Waals surface area contributed by atoms with Crippen LogP contribution in [0.5, 0.6) is 5.75 Å². The number of carbonyl (C=O) groups excluding carboxylic acids is 1. The molecule has 2 aromatic carbocycles. The van der Waals surface area contributed by atoms with E-state index in [0.29, 0.717) is 17.9 Å². The summed E-state index contributed by atoms with van der Waals surface area (Å²) in [7, 11) is 1.59. The third kappa shape index (κ3) is 5.07. The van der Waals surface area contributed by atoms with Crippen LogP contribution in [-0.2, 0) is 11.2 Å². The molecule has 1 N–H and O–H groups in total. The number of methoxy groups -OCH3 is 1. The van der Waals surface area contributed by atoms with Crippen LogP contribution in [0.15, 0.2) is 63.6 Å². The fourth-order valence-corrected chi connectivity index (χ4v) is 3.45. The summed E-state index contributed by atoms with van der Waals surface area (Å²) in [6.45, 7) is 3.74. The van der Waals surface area contributed by atoms with E-state index in [1.807, 2.05) is 18.2 Å². The molecule has 0 aliphatic rings. The van der Waals surface area contributed by atoms with E-state index in [1.165, 1.54) is 0 Å². The molecule has 0 bridgehead atoms. The molecule has 0 aliphatic heterocycles. The fourth-order valence-electron chi connectivity index (χ4n) is 2.37. The van der Waals surface area contributed by atoms with Gasteiger partial charge in [0.15, 0.2) is 0 Å². The molecule has 1 amide bonds. The first-order valence-corrected chi connectivity index (χ1v) is 9.23. The Kier molecular flexibility index (Phi) is 7.19.